The summed E-state index contributed by atoms with van der Waals surface area (Å²) in [6, 6.07) is 7.57. The number of fused-ring (bicyclic) bond motifs is 2. The summed E-state index contributed by atoms with van der Waals surface area (Å²) in [4.78, 5) is 8.51. The first-order chi connectivity index (χ1) is 15.0. The van der Waals surface area contributed by atoms with Crippen LogP contribution in [0.25, 0.3) is 10.9 Å². The molecule has 0 aliphatic carbocycles. The van der Waals surface area contributed by atoms with Crippen molar-refractivity contribution in [3.63, 3.8) is 0 Å². The molecule has 2 aliphatic rings. The normalized spacial score (nSPS) is 24.9. The van der Waals surface area contributed by atoms with E-state index in [0.29, 0.717) is 33.2 Å². The molecule has 4 atom stereocenters. The second-order valence-corrected chi connectivity index (χ2v) is 7.70. The molecule has 0 radical (unpaired) electrons. The number of ether oxygens (including phenoxy) is 4. The second kappa shape index (κ2) is 8.07. The highest BCUT2D eigenvalue weighted by Gasteiger charge is 2.49. The SMILES string of the molecule is COc1cc2c(Nc3cc(Cl)ccc3F)ncnc2cc1O[C@@H]1CO[C@@H]2[C@H]1OC[C@H]2F. The third kappa shape index (κ3) is 3.73. The highest BCUT2D eigenvalue weighted by molar-refractivity contribution is 6.30. The van der Waals surface area contributed by atoms with Crippen LogP contribution in [-0.4, -0.2) is 54.8 Å². The van der Waals surface area contributed by atoms with E-state index in [1.807, 2.05) is 0 Å². The largest absolute Gasteiger partial charge is 0.493 e. The minimum absolute atomic E-state index is 0.00757. The van der Waals surface area contributed by atoms with Gasteiger partial charge in [0.05, 0.1) is 31.5 Å². The zero-order valence-electron chi connectivity index (χ0n) is 16.3. The second-order valence-electron chi connectivity index (χ2n) is 7.26. The molecule has 10 heteroatoms. The summed E-state index contributed by atoms with van der Waals surface area (Å²) in [5.74, 6) is 0.727. The van der Waals surface area contributed by atoms with Crippen LogP contribution >= 0.6 is 11.6 Å². The topological polar surface area (TPSA) is 74.7 Å². The zero-order chi connectivity index (χ0) is 21.5. The van der Waals surface area contributed by atoms with Crippen LogP contribution in [0, 0.1) is 5.82 Å². The number of hydrogen-bond donors (Lipinski definition) is 1. The standard InChI is InChI=1S/C21H18ClF2N3O4/c1-28-16-5-11-14(6-17(16)31-18-8-30-19-13(24)7-29-20(18)19)25-9-26-21(11)27-15-4-10(22)2-3-12(15)23/h2-6,9,13,18-20H,7-8H2,1H3,(H,25,26,27)/t13-,18-,19+,20+/m1/s1. The highest BCUT2D eigenvalue weighted by Crippen LogP contribution is 2.38. The van der Waals surface area contributed by atoms with Crippen molar-refractivity contribution < 1.29 is 27.7 Å². The van der Waals surface area contributed by atoms with Gasteiger partial charge >= 0.3 is 0 Å². The average molecular weight is 450 g/mol. The van der Waals surface area contributed by atoms with Crippen LogP contribution in [0.1, 0.15) is 0 Å². The Labute approximate surface area is 181 Å². The van der Waals surface area contributed by atoms with Gasteiger partial charge < -0.3 is 24.3 Å². The number of aromatic nitrogens is 2. The van der Waals surface area contributed by atoms with Crippen LogP contribution in [0.4, 0.5) is 20.3 Å². The molecule has 31 heavy (non-hydrogen) atoms. The predicted octanol–water partition coefficient (Wildman–Crippen LogP) is 4.06. The molecule has 1 N–H and O–H groups in total. The molecule has 1 aromatic heterocycles. The van der Waals surface area contributed by atoms with Crippen molar-refractivity contribution >= 4 is 34.0 Å². The minimum atomic E-state index is -1.16. The van der Waals surface area contributed by atoms with Gasteiger partial charge in [-0.1, -0.05) is 11.6 Å². The van der Waals surface area contributed by atoms with Gasteiger partial charge in [-0.3, -0.25) is 0 Å². The molecule has 2 fully saturated rings. The van der Waals surface area contributed by atoms with Gasteiger partial charge in [-0.25, -0.2) is 18.7 Å². The lowest BCUT2D eigenvalue weighted by molar-refractivity contribution is 0.0271. The molecule has 5 rings (SSSR count). The van der Waals surface area contributed by atoms with Crippen molar-refractivity contribution in [3.8, 4) is 11.5 Å². The molecule has 0 saturated carbocycles. The number of halogens is 3. The smallest absolute Gasteiger partial charge is 0.164 e. The van der Waals surface area contributed by atoms with E-state index in [2.05, 4.69) is 15.3 Å². The van der Waals surface area contributed by atoms with Crippen LogP contribution in [-0.2, 0) is 9.47 Å². The maximum Gasteiger partial charge on any atom is 0.164 e. The number of nitrogens with one attached hydrogen (secondary N) is 1. The lowest BCUT2D eigenvalue weighted by atomic mass is 10.1. The molecule has 2 aromatic carbocycles. The Balaban J connectivity index is 1.47. The Morgan fingerprint density at radius 3 is 2.77 bits per heavy atom. The molecule has 2 aliphatic heterocycles. The first kappa shape index (κ1) is 20.2. The number of nitrogens with zero attached hydrogens (tertiary/aromatic N) is 2. The molecule has 162 valence electrons. The first-order valence-corrected chi connectivity index (χ1v) is 10.00. The maximum absolute atomic E-state index is 14.2. The van der Waals surface area contributed by atoms with Crippen molar-refractivity contribution in [1.29, 1.82) is 0 Å². The molecule has 3 aromatic rings. The third-order valence-electron chi connectivity index (χ3n) is 5.33. The number of anilines is 2. The molecular formula is C21H18ClF2N3O4. The number of benzene rings is 2. The molecule has 0 amide bonds. The minimum Gasteiger partial charge on any atom is -0.493 e. The Morgan fingerprint density at radius 1 is 1.10 bits per heavy atom. The van der Waals surface area contributed by atoms with Crippen LogP contribution in [0.2, 0.25) is 5.02 Å². The number of alkyl halides is 1. The predicted molar refractivity (Wildman–Crippen MR) is 110 cm³/mol. The molecule has 2 saturated heterocycles. The highest BCUT2D eigenvalue weighted by atomic mass is 35.5. The summed E-state index contributed by atoms with van der Waals surface area (Å²) in [5.41, 5.74) is 0.724. The van der Waals surface area contributed by atoms with Gasteiger partial charge in [-0.2, -0.15) is 0 Å². The van der Waals surface area contributed by atoms with Crippen molar-refractivity contribution in [2.75, 3.05) is 25.6 Å². The van der Waals surface area contributed by atoms with Crippen molar-refractivity contribution in [2.45, 2.75) is 24.5 Å². The van der Waals surface area contributed by atoms with E-state index in [-0.39, 0.29) is 18.9 Å². The fraction of sp³-hybridized carbons (Fsp3) is 0.333. The maximum atomic E-state index is 14.2. The van der Waals surface area contributed by atoms with E-state index >= 15 is 0 Å². The van der Waals surface area contributed by atoms with Gasteiger partial charge in [0.15, 0.2) is 23.8 Å². The Morgan fingerprint density at radius 2 is 1.94 bits per heavy atom. The summed E-state index contributed by atoms with van der Waals surface area (Å²) in [6.45, 7) is 0.202. The van der Waals surface area contributed by atoms with E-state index in [9.17, 15) is 8.78 Å². The third-order valence-corrected chi connectivity index (χ3v) is 5.56. The van der Waals surface area contributed by atoms with E-state index in [4.69, 9.17) is 30.5 Å². The number of hydrogen-bond acceptors (Lipinski definition) is 7. The summed E-state index contributed by atoms with van der Waals surface area (Å²) >= 11 is 5.98. The summed E-state index contributed by atoms with van der Waals surface area (Å²) in [7, 11) is 1.50. The van der Waals surface area contributed by atoms with E-state index < -0.39 is 30.3 Å². The van der Waals surface area contributed by atoms with Crippen LogP contribution in [0.3, 0.4) is 0 Å². The van der Waals surface area contributed by atoms with Gasteiger partial charge in [0.2, 0.25) is 0 Å². The lowest BCUT2D eigenvalue weighted by Gasteiger charge is -2.20. The first-order valence-electron chi connectivity index (χ1n) is 9.62. The van der Waals surface area contributed by atoms with Crippen LogP contribution in [0.5, 0.6) is 11.5 Å². The molecule has 0 spiro atoms. The molecule has 3 heterocycles. The quantitative estimate of drug-likeness (QED) is 0.629. The van der Waals surface area contributed by atoms with E-state index in [0.717, 1.165) is 0 Å². The Bertz CT molecular complexity index is 1140. The lowest BCUT2D eigenvalue weighted by Crippen LogP contribution is -2.33. The van der Waals surface area contributed by atoms with Crippen LogP contribution in [0.15, 0.2) is 36.7 Å². The van der Waals surface area contributed by atoms with E-state index in [1.165, 1.54) is 31.6 Å². The van der Waals surface area contributed by atoms with Crippen molar-refractivity contribution in [3.05, 3.63) is 47.5 Å². The Hall–Kier alpha value is -2.75. The fourth-order valence-corrected chi connectivity index (χ4v) is 3.99. The van der Waals surface area contributed by atoms with Gasteiger partial charge in [0.25, 0.3) is 0 Å². The summed E-state index contributed by atoms with van der Waals surface area (Å²) in [6.07, 6.45) is -1.39. The fourth-order valence-electron chi connectivity index (χ4n) is 3.82. The van der Waals surface area contributed by atoms with Gasteiger partial charge in [0, 0.05) is 16.5 Å². The van der Waals surface area contributed by atoms with E-state index in [1.54, 1.807) is 12.1 Å². The average Bonchev–Trinajstić information content (AvgIpc) is 3.33. The van der Waals surface area contributed by atoms with Gasteiger partial charge in [0.1, 0.15) is 30.2 Å². The number of methoxy groups -OCH3 is 1. The molecule has 7 nitrogen and oxygen atoms in total. The summed E-state index contributed by atoms with van der Waals surface area (Å²) in [5, 5.41) is 3.92. The monoisotopic (exact) mass is 449 g/mol. The zero-order valence-corrected chi connectivity index (χ0v) is 17.1. The van der Waals surface area contributed by atoms with Gasteiger partial charge in [-0.15, -0.1) is 0 Å². The van der Waals surface area contributed by atoms with Crippen molar-refractivity contribution in [2.24, 2.45) is 0 Å². The molecular weight excluding hydrogens is 432 g/mol. The van der Waals surface area contributed by atoms with Gasteiger partial charge in [-0.05, 0) is 24.3 Å². The van der Waals surface area contributed by atoms with Crippen LogP contribution < -0.4 is 14.8 Å². The number of rotatable bonds is 5. The molecule has 0 bridgehead atoms. The van der Waals surface area contributed by atoms with Crippen molar-refractivity contribution in [1.82, 2.24) is 9.97 Å². The molecule has 0 unspecified atom stereocenters. The Kier molecular flexibility index (Phi) is 5.25. The summed E-state index contributed by atoms with van der Waals surface area (Å²) < 4.78 is 50.5.